The lowest BCUT2D eigenvalue weighted by Crippen LogP contribution is -2.36. The molecule has 1 aliphatic rings. The van der Waals surface area contributed by atoms with Crippen molar-refractivity contribution in [2.75, 3.05) is 40.0 Å². The summed E-state index contributed by atoms with van der Waals surface area (Å²) in [6, 6.07) is 4.98. The number of ether oxygens (including phenoxy) is 2. The zero-order valence-corrected chi connectivity index (χ0v) is 11.5. The van der Waals surface area contributed by atoms with E-state index in [-0.39, 0.29) is 5.75 Å². The SMILES string of the molecule is COc1cc(C#CC#CCN2CCOCC2)ccc1O. The Morgan fingerprint density at radius 3 is 2.85 bits per heavy atom. The molecule has 1 heterocycles. The highest BCUT2D eigenvalue weighted by Gasteiger charge is 2.07. The Hall–Kier alpha value is -2.14. The van der Waals surface area contributed by atoms with Crippen LogP contribution in [0, 0.1) is 23.7 Å². The maximum Gasteiger partial charge on any atom is 0.161 e. The fraction of sp³-hybridized carbons (Fsp3) is 0.375. The van der Waals surface area contributed by atoms with E-state index < -0.39 is 0 Å². The Morgan fingerprint density at radius 2 is 2.10 bits per heavy atom. The average molecular weight is 271 g/mol. The lowest BCUT2D eigenvalue weighted by molar-refractivity contribution is 0.0443. The van der Waals surface area contributed by atoms with Crippen LogP contribution in [0.25, 0.3) is 0 Å². The molecular formula is C16H17NO3. The van der Waals surface area contributed by atoms with Gasteiger partial charge in [0.15, 0.2) is 11.5 Å². The summed E-state index contributed by atoms with van der Waals surface area (Å²) >= 11 is 0. The Bertz CT molecular complexity index is 569. The van der Waals surface area contributed by atoms with E-state index in [4.69, 9.17) is 9.47 Å². The topological polar surface area (TPSA) is 41.9 Å². The molecule has 0 aromatic heterocycles. The second-order valence-corrected chi connectivity index (χ2v) is 4.33. The van der Waals surface area contributed by atoms with E-state index in [0.29, 0.717) is 5.75 Å². The van der Waals surface area contributed by atoms with Crippen molar-refractivity contribution in [1.82, 2.24) is 4.90 Å². The average Bonchev–Trinajstić information content (AvgIpc) is 2.49. The molecule has 0 radical (unpaired) electrons. The van der Waals surface area contributed by atoms with E-state index in [9.17, 15) is 5.11 Å². The van der Waals surface area contributed by atoms with Crippen molar-refractivity contribution in [3.63, 3.8) is 0 Å². The number of hydrogen-bond acceptors (Lipinski definition) is 4. The molecule has 1 saturated heterocycles. The first kappa shape index (κ1) is 14.3. The van der Waals surface area contributed by atoms with Crippen molar-refractivity contribution < 1.29 is 14.6 Å². The lowest BCUT2D eigenvalue weighted by Gasteiger charge is -2.24. The molecule has 1 aromatic carbocycles. The maximum absolute atomic E-state index is 9.47. The van der Waals surface area contributed by atoms with Crippen LogP contribution in [-0.4, -0.2) is 50.0 Å². The molecule has 2 rings (SSSR count). The zero-order chi connectivity index (χ0) is 14.2. The van der Waals surface area contributed by atoms with E-state index in [1.165, 1.54) is 7.11 Å². The van der Waals surface area contributed by atoms with Gasteiger partial charge in [-0.05, 0) is 30.0 Å². The molecule has 1 aliphatic heterocycles. The summed E-state index contributed by atoms with van der Waals surface area (Å²) in [7, 11) is 1.51. The van der Waals surface area contributed by atoms with Crippen LogP contribution >= 0.6 is 0 Å². The van der Waals surface area contributed by atoms with Crippen LogP contribution in [0.15, 0.2) is 18.2 Å². The molecular weight excluding hydrogens is 254 g/mol. The zero-order valence-electron chi connectivity index (χ0n) is 11.5. The lowest BCUT2D eigenvalue weighted by atomic mass is 10.2. The second kappa shape index (κ2) is 7.45. The Labute approximate surface area is 119 Å². The van der Waals surface area contributed by atoms with Gasteiger partial charge in [0.05, 0.1) is 26.9 Å². The van der Waals surface area contributed by atoms with Gasteiger partial charge < -0.3 is 14.6 Å². The summed E-state index contributed by atoms with van der Waals surface area (Å²) in [6.45, 7) is 4.13. The summed E-state index contributed by atoms with van der Waals surface area (Å²) in [4.78, 5) is 2.24. The van der Waals surface area contributed by atoms with Crippen molar-refractivity contribution >= 4 is 0 Å². The van der Waals surface area contributed by atoms with Crippen molar-refractivity contribution in [3.8, 4) is 35.2 Å². The standard InChI is InChI=1S/C16H17NO3/c1-19-16-13-14(6-7-15(16)18)5-3-2-4-8-17-9-11-20-12-10-17/h6-7,13,18H,8-12H2,1H3. The quantitative estimate of drug-likeness (QED) is 0.818. The van der Waals surface area contributed by atoms with Gasteiger partial charge in [-0.2, -0.15) is 0 Å². The minimum atomic E-state index is 0.108. The normalized spacial score (nSPS) is 14.7. The van der Waals surface area contributed by atoms with Gasteiger partial charge in [0.2, 0.25) is 0 Å². The van der Waals surface area contributed by atoms with Crippen LogP contribution in [-0.2, 0) is 4.74 Å². The highest BCUT2D eigenvalue weighted by molar-refractivity contribution is 5.49. The third kappa shape index (κ3) is 4.20. The minimum absolute atomic E-state index is 0.108. The molecule has 104 valence electrons. The molecule has 0 spiro atoms. The predicted molar refractivity (Wildman–Crippen MR) is 76.6 cm³/mol. The van der Waals surface area contributed by atoms with Crippen molar-refractivity contribution in [2.24, 2.45) is 0 Å². The molecule has 1 aromatic rings. The summed E-state index contributed by atoms with van der Waals surface area (Å²) < 4.78 is 10.3. The van der Waals surface area contributed by atoms with Gasteiger partial charge >= 0.3 is 0 Å². The van der Waals surface area contributed by atoms with E-state index in [1.807, 2.05) is 0 Å². The predicted octanol–water partition coefficient (Wildman–Crippen LogP) is 1.09. The Balaban J connectivity index is 1.91. The molecule has 0 bridgehead atoms. The maximum atomic E-state index is 9.47. The van der Waals surface area contributed by atoms with Crippen LogP contribution in [0.2, 0.25) is 0 Å². The molecule has 1 N–H and O–H groups in total. The van der Waals surface area contributed by atoms with Gasteiger partial charge in [-0.3, -0.25) is 4.90 Å². The number of methoxy groups -OCH3 is 1. The highest BCUT2D eigenvalue weighted by Crippen LogP contribution is 2.25. The first-order valence-electron chi connectivity index (χ1n) is 6.45. The van der Waals surface area contributed by atoms with E-state index in [2.05, 4.69) is 28.6 Å². The summed E-state index contributed by atoms with van der Waals surface area (Å²) in [5.74, 6) is 12.1. The third-order valence-electron chi connectivity index (χ3n) is 2.94. The molecule has 0 atom stereocenters. The van der Waals surface area contributed by atoms with E-state index in [0.717, 1.165) is 38.4 Å². The van der Waals surface area contributed by atoms with Crippen molar-refractivity contribution in [2.45, 2.75) is 0 Å². The number of benzene rings is 1. The second-order valence-electron chi connectivity index (χ2n) is 4.33. The monoisotopic (exact) mass is 271 g/mol. The van der Waals surface area contributed by atoms with Gasteiger partial charge in [-0.25, -0.2) is 0 Å². The van der Waals surface area contributed by atoms with Gasteiger partial charge in [0, 0.05) is 18.7 Å². The van der Waals surface area contributed by atoms with Crippen LogP contribution in [0.1, 0.15) is 5.56 Å². The molecule has 1 fully saturated rings. The molecule has 20 heavy (non-hydrogen) atoms. The molecule has 0 amide bonds. The summed E-state index contributed by atoms with van der Waals surface area (Å²) in [6.07, 6.45) is 0. The number of morpholine rings is 1. The smallest absolute Gasteiger partial charge is 0.161 e. The first-order valence-corrected chi connectivity index (χ1v) is 6.45. The fourth-order valence-electron chi connectivity index (χ4n) is 1.81. The van der Waals surface area contributed by atoms with E-state index in [1.54, 1.807) is 18.2 Å². The minimum Gasteiger partial charge on any atom is -0.504 e. The van der Waals surface area contributed by atoms with Crippen LogP contribution < -0.4 is 4.74 Å². The fourth-order valence-corrected chi connectivity index (χ4v) is 1.81. The number of nitrogens with zero attached hydrogens (tertiary/aromatic N) is 1. The van der Waals surface area contributed by atoms with Gasteiger partial charge in [-0.1, -0.05) is 11.8 Å². The molecule has 0 unspecified atom stereocenters. The van der Waals surface area contributed by atoms with Gasteiger partial charge in [0.1, 0.15) is 0 Å². The largest absolute Gasteiger partial charge is 0.504 e. The van der Waals surface area contributed by atoms with Gasteiger partial charge in [-0.15, -0.1) is 0 Å². The molecule has 4 nitrogen and oxygen atoms in total. The Morgan fingerprint density at radius 1 is 1.30 bits per heavy atom. The summed E-state index contributed by atoms with van der Waals surface area (Å²) in [5, 5.41) is 9.47. The molecule has 0 saturated carbocycles. The van der Waals surface area contributed by atoms with Crippen molar-refractivity contribution in [1.29, 1.82) is 0 Å². The summed E-state index contributed by atoms with van der Waals surface area (Å²) in [5.41, 5.74) is 0.764. The van der Waals surface area contributed by atoms with Crippen LogP contribution in [0.5, 0.6) is 11.5 Å². The number of hydrogen-bond donors (Lipinski definition) is 1. The molecule has 0 aliphatic carbocycles. The number of phenolic OH excluding ortho intramolecular Hbond substituents is 1. The van der Waals surface area contributed by atoms with Crippen LogP contribution in [0.3, 0.4) is 0 Å². The first-order chi connectivity index (χ1) is 9.79. The number of rotatable bonds is 2. The van der Waals surface area contributed by atoms with E-state index >= 15 is 0 Å². The van der Waals surface area contributed by atoms with Crippen LogP contribution in [0.4, 0.5) is 0 Å². The van der Waals surface area contributed by atoms with Gasteiger partial charge in [0.25, 0.3) is 0 Å². The third-order valence-corrected chi connectivity index (χ3v) is 2.94. The number of phenols is 1. The molecule has 4 heteroatoms. The Kier molecular flexibility index (Phi) is 5.32. The number of aromatic hydroxyl groups is 1. The highest BCUT2D eigenvalue weighted by atomic mass is 16.5. The van der Waals surface area contributed by atoms with Crippen molar-refractivity contribution in [3.05, 3.63) is 23.8 Å².